The molecule has 9 atom stereocenters. The summed E-state index contributed by atoms with van der Waals surface area (Å²) in [6.07, 6.45) is 20.9. The van der Waals surface area contributed by atoms with E-state index in [1.165, 1.54) is 25.7 Å². The summed E-state index contributed by atoms with van der Waals surface area (Å²) in [7, 11) is 0. The molecule has 3 fully saturated rings. The van der Waals surface area contributed by atoms with Gasteiger partial charge in [0.15, 0.2) is 0 Å². The number of hydrogen-bond acceptors (Lipinski definition) is 4. The fraction of sp³-hybridized carbons (Fsp3) is 0.711. The maximum atomic E-state index is 11.8. The molecule has 0 aromatic heterocycles. The Morgan fingerprint density at radius 1 is 0.688 bits per heavy atom. The van der Waals surface area contributed by atoms with Crippen molar-refractivity contribution in [3.05, 3.63) is 49.6 Å². The summed E-state index contributed by atoms with van der Waals surface area (Å²) >= 11 is 12.7. The Kier molecular flexibility index (Phi) is 17.6. The van der Waals surface area contributed by atoms with E-state index < -0.39 is 13.0 Å². The van der Waals surface area contributed by atoms with Crippen molar-refractivity contribution in [2.75, 3.05) is 19.6 Å². The number of allylic oxidation sites excluding steroid dienone is 6. The summed E-state index contributed by atoms with van der Waals surface area (Å²) in [6.45, 7) is 21.2. The maximum Gasteiger partial charge on any atom is 0.236 e. The van der Waals surface area contributed by atoms with Crippen molar-refractivity contribution in [3.8, 4) is 0 Å². The van der Waals surface area contributed by atoms with E-state index in [-0.39, 0.29) is 16.5 Å². The zero-order valence-electron chi connectivity index (χ0n) is 29.8. The molecule has 0 spiro atoms. The highest BCUT2D eigenvalue weighted by molar-refractivity contribution is 9.20. The normalized spacial score (nSPS) is 31.0. The van der Waals surface area contributed by atoms with Gasteiger partial charge in [0.2, 0.25) is 16.5 Å². The van der Waals surface area contributed by atoms with Gasteiger partial charge in [-0.2, -0.15) is 0 Å². The highest BCUT2D eigenvalue weighted by Crippen LogP contribution is 2.43. The van der Waals surface area contributed by atoms with Crippen molar-refractivity contribution in [3.63, 3.8) is 0 Å². The van der Waals surface area contributed by atoms with Gasteiger partial charge in [-0.05, 0) is 156 Å². The van der Waals surface area contributed by atoms with Gasteiger partial charge in [0.1, 0.15) is 0 Å². The lowest BCUT2D eigenvalue weighted by atomic mass is 9.93. The Hall–Kier alpha value is -0.550. The Bertz CT molecular complexity index is 1170. The standard InChI is InChI=1S/C14H22BrNO.C12H18BrNO.C8H13N.C4H6Br2O/c1-5-10-7-11(6-2)12(8-10)9-16-13(17)14(3,4)15;1-12(2,13)11(15)14-7-10-6-8-3-4-9(10)5-8;9-5-8-4-6-1-2-7(8)3-6;1-4(2,6)3(5)7/h5-6,10-12H,1-2,7-9H2,3-4H3,(H,16,17);3-4,8-10H,5-7H2,1-2H3,(H,14,15);1-2,6-8H,3-5,9H2;1-2H3. The molecule has 272 valence electrons. The lowest BCUT2D eigenvalue weighted by molar-refractivity contribution is -0.123. The van der Waals surface area contributed by atoms with Gasteiger partial charge in [0, 0.05) is 13.1 Å². The number of alkyl halides is 3. The molecule has 6 nitrogen and oxygen atoms in total. The maximum absolute atomic E-state index is 11.8. The molecule has 0 heterocycles. The smallest absolute Gasteiger partial charge is 0.236 e. The minimum atomic E-state index is -0.493. The van der Waals surface area contributed by atoms with Crippen molar-refractivity contribution in [1.82, 2.24) is 10.6 Å². The third kappa shape index (κ3) is 14.2. The molecule has 5 rings (SSSR count). The van der Waals surface area contributed by atoms with E-state index in [0.717, 1.165) is 56.1 Å². The first kappa shape index (κ1) is 43.6. The summed E-state index contributed by atoms with van der Waals surface area (Å²) in [5, 5.41) is 6.04. The van der Waals surface area contributed by atoms with E-state index in [2.05, 4.69) is 112 Å². The number of amides is 2. The fourth-order valence-corrected chi connectivity index (χ4v) is 7.36. The molecule has 0 saturated heterocycles. The predicted molar refractivity (Wildman–Crippen MR) is 216 cm³/mol. The number of halogens is 4. The van der Waals surface area contributed by atoms with Crippen molar-refractivity contribution in [2.45, 2.75) is 93.0 Å². The van der Waals surface area contributed by atoms with Crippen LogP contribution < -0.4 is 16.4 Å². The molecule has 0 aliphatic heterocycles. The van der Waals surface area contributed by atoms with Crippen molar-refractivity contribution in [2.24, 2.45) is 59.0 Å². The van der Waals surface area contributed by atoms with Crippen molar-refractivity contribution < 1.29 is 14.4 Å². The molecule has 0 aromatic carbocycles. The van der Waals surface area contributed by atoms with Crippen LogP contribution in [0.3, 0.4) is 0 Å². The molecule has 2 amide bonds. The average molecular weight is 926 g/mol. The second kappa shape index (κ2) is 19.3. The molecule has 10 heteroatoms. The average Bonchev–Trinajstić information content (AvgIpc) is 3.85. The van der Waals surface area contributed by atoms with Crippen LogP contribution >= 0.6 is 63.7 Å². The molecule has 5 aliphatic rings. The van der Waals surface area contributed by atoms with Crippen LogP contribution in [-0.4, -0.2) is 49.1 Å². The van der Waals surface area contributed by atoms with E-state index in [1.54, 1.807) is 13.8 Å². The largest absolute Gasteiger partial charge is 0.355 e. The third-order valence-corrected chi connectivity index (χ3v) is 12.8. The SMILES string of the molecule is C=CC1CC(C=C)C(CNC(=O)C(C)(C)Br)C1.CC(C)(Br)C(=O)Br.CC(C)(Br)C(=O)NCC1CC2C=CC1C2.NCC1CC2C=CC1C2. The van der Waals surface area contributed by atoms with E-state index in [0.29, 0.717) is 29.6 Å². The Morgan fingerprint density at radius 2 is 1.12 bits per heavy atom. The van der Waals surface area contributed by atoms with Gasteiger partial charge in [-0.3, -0.25) is 14.4 Å². The first-order valence-electron chi connectivity index (χ1n) is 17.3. The van der Waals surface area contributed by atoms with Crippen LogP contribution in [0.1, 0.15) is 80.1 Å². The van der Waals surface area contributed by atoms with Gasteiger partial charge < -0.3 is 16.4 Å². The first-order valence-corrected chi connectivity index (χ1v) is 20.5. The van der Waals surface area contributed by atoms with Crippen LogP contribution in [0.5, 0.6) is 0 Å². The van der Waals surface area contributed by atoms with Crippen LogP contribution in [0.4, 0.5) is 0 Å². The van der Waals surface area contributed by atoms with Crippen LogP contribution in [0, 0.1) is 53.3 Å². The number of carbonyl (C=O) groups is 3. The lowest BCUT2D eigenvalue weighted by Crippen LogP contribution is -2.40. The fourth-order valence-electron chi connectivity index (χ4n) is 7.08. The van der Waals surface area contributed by atoms with Gasteiger partial charge in [0.25, 0.3) is 0 Å². The number of nitrogens with one attached hydrogen (secondary N) is 2. The second-order valence-electron chi connectivity index (χ2n) is 15.6. The monoisotopic (exact) mass is 921 g/mol. The van der Waals surface area contributed by atoms with Gasteiger partial charge in [-0.15, -0.1) is 13.2 Å². The number of carbonyl (C=O) groups excluding carboxylic acids is 3. The molecule has 0 radical (unpaired) electrons. The van der Waals surface area contributed by atoms with Gasteiger partial charge in [-0.1, -0.05) is 84.2 Å². The second-order valence-corrected chi connectivity index (χ2v) is 22.2. The molecule has 4 N–H and O–H groups in total. The Morgan fingerprint density at radius 3 is 1.42 bits per heavy atom. The number of hydrogen-bond donors (Lipinski definition) is 3. The summed E-state index contributed by atoms with van der Waals surface area (Å²) in [4.78, 5) is 33.7. The molecular weight excluding hydrogens is 866 g/mol. The number of rotatable bonds is 10. The molecule has 4 bridgehead atoms. The van der Waals surface area contributed by atoms with Crippen LogP contribution in [0.15, 0.2) is 49.6 Å². The van der Waals surface area contributed by atoms with E-state index in [4.69, 9.17) is 5.73 Å². The molecule has 5 aliphatic carbocycles. The van der Waals surface area contributed by atoms with Crippen LogP contribution in [-0.2, 0) is 14.4 Å². The molecule has 48 heavy (non-hydrogen) atoms. The highest BCUT2D eigenvalue weighted by atomic mass is 79.9. The molecule has 9 unspecified atom stereocenters. The zero-order chi connectivity index (χ0) is 36.4. The summed E-state index contributed by atoms with van der Waals surface area (Å²) in [5.74, 6) is 6.42. The van der Waals surface area contributed by atoms with Gasteiger partial charge >= 0.3 is 0 Å². The Labute approximate surface area is 324 Å². The van der Waals surface area contributed by atoms with Gasteiger partial charge in [-0.25, -0.2) is 0 Å². The molecule has 0 aromatic rings. The van der Waals surface area contributed by atoms with Crippen LogP contribution in [0.25, 0.3) is 0 Å². The van der Waals surface area contributed by atoms with E-state index in [9.17, 15) is 14.4 Å². The van der Waals surface area contributed by atoms with Crippen molar-refractivity contribution >= 4 is 80.2 Å². The highest BCUT2D eigenvalue weighted by Gasteiger charge is 2.37. The third-order valence-electron chi connectivity index (χ3n) is 10.2. The minimum absolute atomic E-state index is 0.0278. The van der Waals surface area contributed by atoms with Gasteiger partial charge in [0.05, 0.1) is 13.0 Å². The number of nitrogens with two attached hydrogens (primary N) is 1. The lowest BCUT2D eigenvalue weighted by Gasteiger charge is -2.21. The topological polar surface area (TPSA) is 101 Å². The summed E-state index contributed by atoms with van der Waals surface area (Å²) in [6, 6.07) is 0. The quantitative estimate of drug-likeness (QED) is 0.116. The number of fused-ring (bicyclic) bond motifs is 4. The van der Waals surface area contributed by atoms with Crippen LogP contribution in [0.2, 0.25) is 0 Å². The Balaban J connectivity index is 0.000000235. The van der Waals surface area contributed by atoms with Crippen molar-refractivity contribution in [1.29, 1.82) is 0 Å². The predicted octanol–water partition coefficient (Wildman–Crippen LogP) is 9.02. The summed E-state index contributed by atoms with van der Waals surface area (Å²) < 4.78 is -1.37. The molecule has 3 saturated carbocycles. The summed E-state index contributed by atoms with van der Waals surface area (Å²) in [5.41, 5.74) is 5.59. The first-order chi connectivity index (χ1) is 22.2. The van der Waals surface area contributed by atoms with E-state index in [1.807, 2.05) is 39.8 Å². The molecular formula is C38H59Br4N3O3. The van der Waals surface area contributed by atoms with E-state index >= 15 is 0 Å². The zero-order valence-corrected chi connectivity index (χ0v) is 36.1. The minimum Gasteiger partial charge on any atom is -0.355 e.